The summed E-state index contributed by atoms with van der Waals surface area (Å²) in [5.41, 5.74) is 1.05. The van der Waals surface area contributed by atoms with Gasteiger partial charge in [0.15, 0.2) is 17.5 Å². The SMILES string of the molecule is COc1ccc(-c2nc(-c3ccc(OCC(C)O)cc3O)nc(-c3ccc(OCC(O)CS(=O)(=O)O)cc3O)n2)cc1. The summed E-state index contributed by atoms with van der Waals surface area (Å²) in [5.74, 6) is 0.0755. The Labute approximate surface area is 241 Å². The van der Waals surface area contributed by atoms with E-state index in [1.807, 2.05) is 0 Å². The lowest BCUT2D eigenvalue weighted by molar-refractivity contribution is 0.122. The number of ether oxygens (including phenoxy) is 3. The van der Waals surface area contributed by atoms with Crippen molar-refractivity contribution < 1.29 is 47.6 Å². The highest BCUT2D eigenvalue weighted by Crippen LogP contribution is 2.35. The Morgan fingerprint density at radius 2 is 1.21 bits per heavy atom. The molecule has 0 bridgehead atoms. The molecule has 0 saturated heterocycles. The molecular weight excluding hydrogens is 570 g/mol. The molecule has 13 nitrogen and oxygen atoms in total. The molecule has 0 radical (unpaired) electrons. The molecule has 0 aliphatic carbocycles. The topological polar surface area (TPSA) is 202 Å². The van der Waals surface area contributed by atoms with Crippen molar-refractivity contribution in [2.45, 2.75) is 19.1 Å². The smallest absolute Gasteiger partial charge is 0.267 e. The third-order valence-electron chi connectivity index (χ3n) is 5.74. The van der Waals surface area contributed by atoms with Crippen molar-refractivity contribution in [3.05, 3.63) is 60.7 Å². The molecule has 14 heteroatoms. The molecule has 5 N–H and O–H groups in total. The van der Waals surface area contributed by atoms with Crippen LogP contribution in [0.4, 0.5) is 0 Å². The van der Waals surface area contributed by atoms with Crippen LogP contribution in [0.3, 0.4) is 0 Å². The van der Waals surface area contributed by atoms with E-state index in [9.17, 15) is 28.8 Å². The minimum atomic E-state index is -4.39. The number of phenolic OH excluding ortho intramolecular Hbond substituents is 2. The van der Waals surface area contributed by atoms with Gasteiger partial charge in [0.2, 0.25) is 0 Å². The van der Waals surface area contributed by atoms with E-state index in [4.69, 9.17) is 18.8 Å². The van der Waals surface area contributed by atoms with Crippen molar-refractivity contribution in [3.63, 3.8) is 0 Å². The summed E-state index contributed by atoms with van der Waals surface area (Å²) in [6.07, 6.45) is -2.19. The van der Waals surface area contributed by atoms with Crippen molar-refractivity contribution in [2.24, 2.45) is 0 Å². The van der Waals surface area contributed by atoms with Gasteiger partial charge in [0, 0.05) is 17.7 Å². The number of nitrogens with zero attached hydrogens (tertiary/aromatic N) is 3. The van der Waals surface area contributed by atoms with Crippen LogP contribution < -0.4 is 14.2 Å². The van der Waals surface area contributed by atoms with Gasteiger partial charge in [-0.15, -0.1) is 0 Å². The molecule has 0 aliphatic rings. The van der Waals surface area contributed by atoms with Crippen LogP contribution in [0.5, 0.6) is 28.7 Å². The van der Waals surface area contributed by atoms with Crippen LogP contribution in [-0.2, 0) is 10.1 Å². The molecular formula is C28H29N3O10S. The molecule has 222 valence electrons. The average molecular weight is 600 g/mol. The highest BCUT2D eigenvalue weighted by molar-refractivity contribution is 7.85. The van der Waals surface area contributed by atoms with Gasteiger partial charge in [0.25, 0.3) is 10.1 Å². The van der Waals surface area contributed by atoms with E-state index in [-0.39, 0.29) is 52.5 Å². The zero-order valence-electron chi connectivity index (χ0n) is 22.6. The van der Waals surface area contributed by atoms with Gasteiger partial charge >= 0.3 is 0 Å². The molecule has 1 aromatic heterocycles. The van der Waals surface area contributed by atoms with Crippen molar-refractivity contribution in [2.75, 3.05) is 26.1 Å². The number of benzene rings is 3. The van der Waals surface area contributed by atoms with Gasteiger partial charge in [-0.1, -0.05) is 0 Å². The van der Waals surface area contributed by atoms with Crippen LogP contribution in [0.2, 0.25) is 0 Å². The van der Waals surface area contributed by atoms with Gasteiger partial charge in [-0.05, 0) is 55.5 Å². The minimum absolute atomic E-state index is 0.0365. The predicted octanol–water partition coefficient (Wildman–Crippen LogP) is 2.68. The summed E-state index contributed by atoms with van der Waals surface area (Å²) in [7, 11) is -2.85. The third-order valence-corrected chi connectivity index (χ3v) is 6.55. The van der Waals surface area contributed by atoms with E-state index in [1.165, 1.54) is 31.4 Å². The lowest BCUT2D eigenvalue weighted by atomic mass is 10.1. The fourth-order valence-electron chi connectivity index (χ4n) is 3.77. The molecule has 0 amide bonds. The Hall–Kier alpha value is -4.50. The standard InChI is InChI=1S/C28H29N3O10S/c1-16(32)13-40-20-7-9-22(24(34)11-20)27-29-26(17-3-5-19(39-2)6-4-17)30-28(31-27)23-10-8-21(12-25(23)35)41-14-18(33)15-42(36,37)38/h3-12,16,18,32-35H,13-15H2,1-2H3,(H,36,37,38). The Balaban J connectivity index is 1.71. The second-order valence-electron chi connectivity index (χ2n) is 9.27. The summed E-state index contributed by atoms with van der Waals surface area (Å²) in [6.45, 7) is 1.16. The lowest BCUT2D eigenvalue weighted by Crippen LogP contribution is -2.26. The van der Waals surface area contributed by atoms with Gasteiger partial charge in [-0.2, -0.15) is 8.42 Å². The maximum absolute atomic E-state index is 10.9. The van der Waals surface area contributed by atoms with E-state index in [1.54, 1.807) is 43.3 Å². The highest BCUT2D eigenvalue weighted by atomic mass is 32.2. The molecule has 3 aromatic carbocycles. The molecule has 4 rings (SSSR count). The molecule has 0 aliphatic heterocycles. The number of hydrogen-bond donors (Lipinski definition) is 5. The third kappa shape index (κ3) is 8.04. The number of aromatic hydroxyl groups is 2. The largest absolute Gasteiger partial charge is 0.507 e. The summed E-state index contributed by atoms with van der Waals surface area (Å²) < 4.78 is 46.8. The number of aromatic nitrogens is 3. The number of aliphatic hydroxyl groups is 2. The monoisotopic (exact) mass is 599 g/mol. The Morgan fingerprint density at radius 3 is 1.67 bits per heavy atom. The zero-order chi connectivity index (χ0) is 30.4. The quantitative estimate of drug-likeness (QED) is 0.149. The first kappa shape index (κ1) is 30.5. The van der Waals surface area contributed by atoms with Gasteiger partial charge < -0.3 is 34.6 Å². The van der Waals surface area contributed by atoms with Crippen LogP contribution >= 0.6 is 0 Å². The van der Waals surface area contributed by atoms with Gasteiger partial charge in [-0.25, -0.2) is 15.0 Å². The van der Waals surface area contributed by atoms with E-state index in [0.717, 1.165) is 0 Å². The summed E-state index contributed by atoms with van der Waals surface area (Å²) in [5, 5.41) is 40.8. The summed E-state index contributed by atoms with van der Waals surface area (Å²) in [4.78, 5) is 13.5. The average Bonchev–Trinajstić information content (AvgIpc) is 2.94. The molecule has 1 heterocycles. The second-order valence-corrected chi connectivity index (χ2v) is 10.8. The lowest BCUT2D eigenvalue weighted by Gasteiger charge is -2.13. The van der Waals surface area contributed by atoms with Crippen LogP contribution in [0.1, 0.15) is 6.92 Å². The number of methoxy groups -OCH3 is 1. The van der Waals surface area contributed by atoms with E-state index < -0.39 is 34.7 Å². The molecule has 0 spiro atoms. The number of phenols is 2. The van der Waals surface area contributed by atoms with Gasteiger partial charge in [0.05, 0.1) is 24.3 Å². The molecule has 2 unspecified atom stereocenters. The van der Waals surface area contributed by atoms with Crippen molar-refractivity contribution >= 4 is 10.1 Å². The van der Waals surface area contributed by atoms with Crippen LogP contribution in [0.15, 0.2) is 60.7 Å². The van der Waals surface area contributed by atoms with Crippen LogP contribution in [-0.4, -0.2) is 86.6 Å². The molecule has 42 heavy (non-hydrogen) atoms. The Bertz CT molecular complexity index is 1650. The minimum Gasteiger partial charge on any atom is -0.507 e. The highest BCUT2D eigenvalue weighted by Gasteiger charge is 2.19. The first-order valence-corrected chi connectivity index (χ1v) is 14.2. The van der Waals surface area contributed by atoms with E-state index in [2.05, 4.69) is 15.0 Å². The molecule has 0 saturated carbocycles. The van der Waals surface area contributed by atoms with E-state index in [0.29, 0.717) is 17.1 Å². The number of rotatable bonds is 12. The maximum Gasteiger partial charge on any atom is 0.267 e. The number of hydrogen-bond acceptors (Lipinski definition) is 12. The van der Waals surface area contributed by atoms with Crippen molar-refractivity contribution in [1.29, 1.82) is 0 Å². The van der Waals surface area contributed by atoms with Crippen LogP contribution in [0, 0.1) is 0 Å². The van der Waals surface area contributed by atoms with Gasteiger partial charge in [0.1, 0.15) is 53.8 Å². The fourth-order valence-corrected chi connectivity index (χ4v) is 4.35. The maximum atomic E-state index is 10.9. The van der Waals surface area contributed by atoms with Crippen LogP contribution in [0.25, 0.3) is 34.2 Å². The first-order chi connectivity index (χ1) is 19.9. The van der Waals surface area contributed by atoms with Crippen molar-refractivity contribution in [1.82, 2.24) is 15.0 Å². The molecule has 0 fully saturated rings. The Morgan fingerprint density at radius 1 is 0.738 bits per heavy atom. The first-order valence-electron chi connectivity index (χ1n) is 12.6. The normalized spacial score (nSPS) is 12.9. The Kier molecular flexibility index (Phi) is 9.42. The summed E-state index contributed by atoms with van der Waals surface area (Å²) in [6, 6.07) is 15.6. The zero-order valence-corrected chi connectivity index (χ0v) is 23.4. The summed E-state index contributed by atoms with van der Waals surface area (Å²) >= 11 is 0. The van der Waals surface area contributed by atoms with Gasteiger partial charge in [-0.3, -0.25) is 4.55 Å². The molecule has 2 atom stereocenters. The predicted molar refractivity (Wildman–Crippen MR) is 151 cm³/mol. The molecule has 4 aromatic rings. The van der Waals surface area contributed by atoms with Crippen molar-refractivity contribution in [3.8, 4) is 62.9 Å². The van der Waals surface area contributed by atoms with E-state index >= 15 is 0 Å². The second kappa shape index (κ2) is 13.0. The number of aliphatic hydroxyl groups excluding tert-OH is 2. The fraction of sp³-hybridized carbons (Fsp3) is 0.250.